The summed E-state index contributed by atoms with van der Waals surface area (Å²) in [6.07, 6.45) is 2.63. The van der Waals surface area contributed by atoms with E-state index < -0.39 is 0 Å². The van der Waals surface area contributed by atoms with E-state index in [-0.39, 0.29) is 23.4 Å². The maximum absolute atomic E-state index is 12.0. The minimum Gasteiger partial charge on any atom is -0.351 e. The molecule has 0 saturated carbocycles. The Morgan fingerprint density at radius 2 is 1.83 bits per heavy atom. The SMILES string of the molecule is CCCC(N)C(=O)NC(CCN(C)C)C(C)(C)C. The Labute approximate surface area is 112 Å². The maximum Gasteiger partial charge on any atom is 0.237 e. The standard InChI is InChI=1S/C14H31N3O/c1-7-8-11(15)13(18)16-12(14(2,3)4)9-10-17(5)6/h11-12H,7-10,15H2,1-6H3,(H,16,18). The summed E-state index contributed by atoms with van der Waals surface area (Å²) < 4.78 is 0. The Morgan fingerprint density at radius 3 is 2.22 bits per heavy atom. The molecule has 4 nitrogen and oxygen atoms in total. The molecule has 108 valence electrons. The van der Waals surface area contributed by atoms with Crippen LogP contribution in [0.5, 0.6) is 0 Å². The molecule has 0 saturated heterocycles. The molecule has 0 aliphatic carbocycles. The largest absolute Gasteiger partial charge is 0.351 e. The van der Waals surface area contributed by atoms with Crippen molar-refractivity contribution in [3.63, 3.8) is 0 Å². The number of nitrogens with two attached hydrogens (primary N) is 1. The summed E-state index contributed by atoms with van der Waals surface area (Å²) in [6, 6.07) is -0.213. The maximum atomic E-state index is 12.0. The Morgan fingerprint density at radius 1 is 1.28 bits per heavy atom. The molecule has 0 radical (unpaired) electrons. The van der Waals surface area contributed by atoms with Gasteiger partial charge in [0.2, 0.25) is 5.91 Å². The molecule has 0 fully saturated rings. The van der Waals surface area contributed by atoms with E-state index in [0.29, 0.717) is 0 Å². The molecule has 3 N–H and O–H groups in total. The average Bonchev–Trinajstić information content (AvgIpc) is 2.22. The Balaban J connectivity index is 4.45. The van der Waals surface area contributed by atoms with Crippen LogP contribution in [0.2, 0.25) is 0 Å². The number of carbonyl (C=O) groups excluding carboxylic acids is 1. The lowest BCUT2D eigenvalue weighted by Gasteiger charge is -2.33. The van der Waals surface area contributed by atoms with E-state index in [1.54, 1.807) is 0 Å². The zero-order valence-corrected chi connectivity index (χ0v) is 12.9. The highest BCUT2D eigenvalue weighted by atomic mass is 16.2. The third-order valence-corrected chi connectivity index (χ3v) is 3.16. The molecule has 0 bridgehead atoms. The van der Waals surface area contributed by atoms with Crippen LogP contribution in [0.15, 0.2) is 0 Å². The molecule has 4 heteroatoms. The minimum absolute atomic E-state index is 0.0180. The summed E-state index contributed by atoms with van der Waals surface area (Å²) in [5.41, 5.74) is 5.91. The highest BCUT2D eigenvalue weighted by molar-refractivity contribution is 5.81. The van der Waals surface area contributed by atoms with Crippen molar-refractivity contribution in [3.8, 4) is 0 Å². The molecule has 1 amide bonds. The lowest BCUT2D eigenvalue weighted by atomic mass is 9.84. The van der Waals surface area contributed by atoms with Gasteiger partial charge in [0, 0.05) is 6.04 Å². The molecule has 0 spiro atoms. The highest BCUT2D eigenvalue weighted by Gasteiger charge is 2.27. The molecule has 0 aromatic heterocycles. The van der Waals surface area contributed by atoms with Crippen LogP contribution in [0.25, 0.3) is 0 Å². The van der Waals surface area contributed by atoms with E-state index in [0.717, 1.165) is 25.8 Å². The summed E-state index contributed by atoms with van der Waals surface area (Å²) in [5, 5.41) is 3.11. The van der Waals surface area contributed by atoms with Gasteiger partial charge < -0.3 is 16.0 Å². The van der Waals surface area contributed by atoms with Crippen LogP contribution in [0.3, 0.4) is 0 Å². The van der Waals surface area contributed by atoms with E-state index >= 15 is 0 Å². The molecule has 0 aromatic carbocycles. The van der Waals surface area contributed by atoms with Crippen molar-refractivity contribution in [2.75, 3.05) is 20.6 Å². The van der Waals surface area contributed by atoms with Gasteiger partial charge in [0.15, 0.2) is 0 Å². The normalized spacial score (nSPS) is 15.6. The quantitative estimate of drug-likeness (QED) is 0.728. The van der Waals surface area contributed by atoms with Crippen LogP contribution in [-0.2, 0) is 4.79 Å². The molecule has 0 aromatic rings. The van der Waals surface area contributed by atoms with E-state index in [1.807, 2.05) is 21.0 Å². The predicted octanol–water partition coefficient (Wildman–Crippen LogP) is 1.60. The van der Waals surface area contributed by atoms with Gasteiger partial charge in [-0.05, 0) is 38.9 Å². The second-order valence-corrected chi connectivity index (χ2v) is 6.41. The molecule has 2 unspecified atom stereocenters. The van der Waals surface area contributed by atoms with Gasteiger partial charge in [0.05, 0.1) is 6.04 Å². The first-order chi connectivity index (χ1) is 8.18. The van der Waals surface area contributed by atoms with E-state index in [4.69, 9.17) is 5.73 Å². The lowest BCUT2D eigenvalue weighted by molar-refractivity contribution is -0.124. The van der Waals surface area contributed by atoms with Gasteiger partial charge in [0.25, 0.3) is 0 Å². The van der Waals surface area contributed by atoms with Crippen molar-refractivity contribution in [1.29, 1.82) is 0 Å². The molecule has 0 aliphatic rings. The third kappa shape index (κ3) is 6.97. The number of hydrogen-bond donors (Lipinski definition) is 2. The number of rotatable bonds is 7. The summed E-state index contributed by atoms with van der Waals surface area (Å²) in [6.45, 7) is 9.46. The van der Waals surface area contributed by atoms with Crippen LogP contribution < -0.4 is 11.1 Å². The zero-order chi connectivity index (χ0) is 14.3. The summed E-state index contributed by atoms with van der Waals surface area (Å²) in [4.78, 5) is 14.1. The van der Waals surface area contributed by atoms with Crippen molar-refractivity contribution in [3.05, 3.63) is 0 Å². The average molecular weight is 257 g/mol. The fourth-order valence-corrected chi connectivity index (χ4v) is 1.83. The summed E-state index contributed by atoms with van der Waals surface area (Å²) in [7, 11) is 4.09. The van der Waals surface area contributed by atoms with E-state index in [1.165, 1.54) is 0 Å². The molecular formula is C14H31N3O. The first kappa shape index (κ1) is 17.4. The van der Waals surface area contributed by atoms with Crippen LogP contribution >= 0.6 is 0 Å². The Kier molecular flexibility index (Phi) is 7.48. The minimum atomic E-state index is -0.376. The number of amides is 1. The Hall–Kier alpha value is -0.610. The van der Waals surface area contributed by atoms with Crippen molar-refractivity contribution in [2.24, 2.45) is 11.1 Å². The Bertz CT molecular complexity index is 246. The van der Waals surface area contributed by atoms with Gasteiger partial charge in [-0.2, -0.15) is 0 Å². The lowest BCUT2D eigenvalue weighted by Crippen LogP contribution is -2.50. The number of nitrogens with zero attached hydrogens (tertiary/aromatic N) is 1. The first-order valence-electron chi connectivity index (χ1n) is 6.89. The first-order valence-corrected chi connectivity index (χ1v) is 6.89. The smallest absolute Gasteiger partial charge is 0.237 e. The summed E-state index contributed by atoms with van der Waals surface area (Å²) in [5.74, 6) is -0.0180. The second-order valence-electron chi connectivity index (χ2n) is 6.41. The van der Waals surface area contributed by atoms with Crippen molar-refractivity contribution in [2.45, 2.75) is 59.0 Å². The molecule has 0 rings (SSSR count). The van der Waals surface area contributed by atoms with Crippen molar-refractivity contribution < 1.29 is 4.79 Å². The third-order valence-electron chi connectivity index (χ3n) is 3.16. The van der Waals surface area contributed by atoms with Gasteiger partial charge >= 0.3 is 0 Å². The van der Waals surface area contributed by atoms with Gasteiger partial charge in [-0.15, -0.1) is 0 Å². The predicted molar refractivity (Wildman–Crippen MR) is 77.4 cm³/mol. The topological polar surface area (TPSA) is 58.4 Å². The van der Waals surface area contributed by atoms with Gasteiger partial charge in [-0.1, -0.05) is 34.1 Å². The van der Waals surface area contributed by atoms with Crippen molar-refractivity contribution in [1.82, 2.24) is 10.2 Å². The molecular weight excluding hydrogens is 226 g/mol. The van der Waals surface area contributed by atoms with E-state index in [2.05, 4.69) is 31.0 Å². The molecule has 18 heavy (non-hydrogen) atoms. The highest BCUT2D eigenvalue weighted by Crippen LogP contribution is 2.22. The van der Waals surface area contributed by atoms with Crippen LogP contribution in [0.1, 0.15) is 47.0 Å². The van der Waals surface area contributed by atoms with Crippen LogP contribution in [0, 0.1) is 5.41 Å². The number of hydrogen-bond acceptors (Lipinski definition) is 3. The van der Waals surface area contributed by atoms with Gasteiger partial charge in [-0.25, -0.2) is 0 Å². The molecule has 2 atom stereocenters. The van der Waals surface area contributed by atoms with Gasteiger partial charge in [-0.3, -0.25) is 4.79 Å². The van der Waals surface area contributed by atoms with E-state index in [9.17, 15) is 4.79 Å². The monoisotopic (exact) mass is 257 g/mol. The van der Waals surface area contributed by atoms with Crippen LogP contribution in [-0.4, -0.2) is 43.5 Å². The number of nitrogens with one attached hydrogen (secondary N) is 1. The van der Waals surface area contributed by atoms with Crippen molar-refractivity contribution >= 4 is 5.91 Å². The van der Waals surface area contributed by atoms with Crippen LogP contribution in [0.4, 0.5) is 0 Å². The zero-order valence-electron chi connectivity index (χ0n) is 12.9. The van der Waals surface area contributed by atoms with Gasteiger partial charge in [0.1, 0.15) is 0 Å². The molecule has 0 aliphatic heterocycles. The number of carbonyl (C=O) groups is 1. The fourth-order valence-electron chi connectivity index (χ4n) is 1.83. The molecule has 0 heterocycles. The second kappa shape index (κ2) is 7.74. The fraction of sp³-hybridized carbons (Fsp3) is 0.929. The summed E-state index contributed by atoms with van der Waals surface area (Å²) >= 11 is 0.